The number of halogens is 2. The van der Waals surface area contributed by atoms with Gasteiger partial charge in [0.05, 0.1) is 7.11 Å². The number of aliphatic hydroxyl groups is 1. The number of hydrogen-bond donors (Lipinski definition) is 1. The summed E-state index contributed by atoms with van der Waals surface area (Å²) in [7, 11) is 1.44. The van der Waals surface area contributed by atoms with Crippen molar-refractivity contribution in [3.63, 3.8) is 0 Å². The van der Waals surface area contributed by atoms with E-state index < -0.39 is 31.1 Å². The van der Waals surface area contributed by atoms with Crippen molar-refractivity contribution in [3.8, 4) is 11.5 Å². The average Bonchev–Trinajstić information content (AvgIpc) is 2.81. The topological polar surface area (TPSA) is 71.4 Å². The summed E-state index contributed by atoms with van der Waals surface area (Å²) in [5, 5.41) is 14.0. The Morgan fingerprint density at radius 2 is 2.09 bits per heavy atom. The predicted molar refractivity (Wildman–Crippen MR) is 74.0 cm³/mol. The predicted octanol–water partition coefficient (Wildman–Crippen LogP) is 1.64. The lowest BCUT2D eigenvalue weighted by molar-refractivity contribution is -0.193. The number of benzene rings is 1. The van der Waals surface area contributed by atoms with Gasteiger partial charge in [-0.1, -0.05) is 12.1 Å². The van der Waals surface area contributed by atoms with Crippen molar-refractivity contribution >= 4 is 11.6 Å². The summed E-state index contributed by atoms with van der Waals surface area (Å²) in [5.74, 6) is -0.176. The number of para-hydroxylation sites is 2. The maximum atomic E-state index is 13.0. The van der Waals surface area contributed by atoms with Gasteiger partial charge >= 0.3 is 0 Å². The van der Waals surface area contributed by atoms with E-state index in [-0.39, 0.29) is 5.71 Å². The van der Waals surface area contributed by atoms with Gasteiger partial charge < -0.3 is 14.6 Å². The van der Waals surface area contributed by atoms with Crippen LogP contribution in [0.25, 0.3) is 0 Å². The highest BCUT2D eigenvalue weighted by atomic mass is 19.3. The Balaban J connectivity index is 2.09. The molecule has 0 saturated heterocycles. The van der Waals surface area contributed by atoms with Crippen LogP contribution in [-0.4, -0.2) is 47.6 Å². The molecule has 1 atom stereocenters. The molecule has 2 rings (SSSR count). The standard InChI is InChI=1S/C14H16F2N2O4/c1-9-7-14(20,13(15)16)18(17-9)12(19)8-22-11-6-4-3-5-10(11)21-2/h3-6,13,20H,7-8H2,1-2H3/t14-/m1/s1. The molecule has 6 nitrogen and oxygen atoms in total. The first kappa shape index (κ1) is 16.2. The van der Waals surface area contributed by atoms with Gasteiger partial charge in [-0.15, -0.1) is 0 Å². The van der Waals surface area contributed by atoms with E-state index >= 15 is 0 Å². The SMILES string of the molecule is COc1ccccc1OCC(=O)N1N=C(C)C[C@@]1(O)C(F)F. The van der Waals surface area contributed by atoms with E-state index in [9.17, 15) is 18.7 Å². The molecule has 1 aliphatic rings. The molecule has 0 saturated carbocycles. The number of hydrazone groups is 1. The van der Waals surface area contributed by atoms with E-state index in [0.717, 1.165) is 0 Å². The number of nitrogens with zero attached hydrogens (tertiary/aromatic N) is 2. The molecular formula is C14H16F2N2O4. The molecule has 0 spiro atoms. The van der Waals surface area contributed by atoms with Crippen molar-refractivity contribution in [2.75, 3.05) is 13.7 Å². The molecule has 1 aromatic carbocycles. The van der Waals surface area contributed by atoms with Crippen molar-refractivity contribution in [2.45, 2.75) is 25.5 Å². The van der Waals surface area contributed by atoms with Gasteiger partial charge in [-0.05, 0) is 19.1 Å². The van der Waals surface area contributed by atoms with Crippen LogP contribution in [0.5, 0.6) is 11.5 Å². The number of rotatable bonds is 5. The number of carbonyl (C=O) groups is 1. The highest BCUT2D eigenvalue weighted by Crippen LogP contribution is 2.32. The molecule has 0 aliphatic carbocycles. The Morgan fingerprint density at radius 1 is 1.45 bits per heavy atom. The number of alkyl halides is 2. The van der Waals surface area contributed by atoms with E-state index in [0.29, 0.717) is 16.5 Å². The van der Waals surface area contributed by atoms with E-state index in [2.05, 4.69) is 5.10 Å². The Morgan fingerprint density at radius 3 is 2.68 bits per heavy atom. The lowest BCUT2D eigenvalue weighted by Crippen LogP contribution is -2.52. The van der Waals surface area contributed by atoms with Gasteiger partial charge in [-0.3, -0.25) is 4.79 Å². The van der Waals surface area contributed by atoms with Gasteiger partial charge in [0.25, 0.3) is 12.3 Å². The molecule has 22 heavy (non-hydrogen) atoms. The summed E-state index contributed by atoms with van der Waals surface area (Å²) in [4.78, 5) is 12.0. The maximum absolute atomic E-state index is 13.0. The Labute approximate surface area is 125 Å². The van der Waals surface area contributed by atoms with Crippen molar-refractivity contribution in [2.24, 2.45) is 5.10 Å². The summed E-state index contributed by atoms with van der Waals surface area (Å²) in [6, 6.07) is 6.60. The first-order valence-electron chi connectivity index (χ1n) is 6.52. The van der Waals surface area contributed by atoms with Crippen LogP contribution in [-0.2, 0) is 4.79 Å². The molecule has 1 amide bonds. The first-order chi connectivity index (χ1) is 10.4. The second-order valence-electron chi connectivity index (χ2n) is 4.84. The number of methoxy groups -OCH3 is 1. The molecule has 1 heterocycles. The number of carbonyl (C=O) groups excluding carboxylic acids is 1. The van der Waals surface area contributed by atoms with E-state index in [1.807, 2.05) is 0 Å². The van der Waals surface area contributed by atoms with Gasteiger partial charge in [-0.25, -0.2) is 8.78 Å². The quantitative estimate of drug-likeness (QED) is 0.897. The molecule has 0 fully saturated rings. The van der Waals surface area contributed by atoms with Gasteiger partial charge in [-0.2, -0.15) is 10.1 Å². The third kappa shape index (κ3) is 3.01. The minimum Gasteiger partial charge on any atom is -0.493 e. The van der Waals surface area contributed by atoms with Crippen LogP contribution in [0.4, 0.5) is 8.78 Å². The molecule has 0 unspecified atom stereocenters. The summed E-state index contributed by atoms with van der Waals surface area (Å²) in [6.45, 7) is 0.911. The third-order valence-corrected chi connectivity index (χ3v) is 3.16. The van der Waals surface area contributed by atoms with Gasteiger partial charge in [0.1, 0.15) is 0 Å². The van der Waals surface area contributed by atoms with E-state index in [1.165, 1.54) is 14.0 Å². The molecule has 1 aromatic rings. The molecule has 0 bridgehead atoms. The molecule has 8 heteroatoms. The van der Waals surface area contributed by atoms with Crippen LogP contribution in [0.3, 0.4) is 0 Å². The number of hydrogen-bond acceptors (Lipinski definition) is 5. The normalized spacial score (nSPS) is 21.0. The van der Waals surface area contributed by atoms with Crippen LogP contribution < -0.4 is 9.47 Å². The van der Waals surface area contributed by atoms with Crippen LogP contribution in [0.15, 0.2) is 29.4 Å². The fraction of sp³-hybridized carbons (Fsp3) is 0.429. The zero-order valence-electron chi connectivity index (χ0n) is 12.1. The van der Waals surface area contributed by atoms with E-state index in [1.54, 1.807) is 24.3 Å². The minimum absolute atomic E-state index is 0.244. The highest BCUT2D eigenvalue weighted by molar-refractivity contribution is 5.89. The van der Waals surface area contributed by atoms with Gasteiger partial charge in [0.15, 0.2) is 18.1 Å². The minimum atomic E-state index is -3.14. The largest absolute Gasteiger partial charge is 0.493 e. The van der Waals surface area contributed by atoms with E-state index in [4.69, 9.17) is 9.47 Å². The summed E-state index contributed by atoms with van der Waals surface area (Å²) < 4.78 is 36.3. The Bertz CT molecular complexity index is 594. The summed E-state index contributed by atoms with van der Waals surface area (Å²) in [5.41, 5.74) is -2.38. The zero-order chi connectivity index (χ0) is 16.3. The fourth-order valence-corrected chi connectivity index (χ4v) is 2.12. The molecule has 1 aliphatic heterocycles. The zero-order valence-corrected chi connectivity index (χ0v) is 12.1. The molecule has 1 N–H and O–H groups in total. The van der Waals surface area contributed by atoms with Crippen molar-refractivity contribution in [3.05, 3.63) is 24.3 Å². The van der Waals surface area contributed by atoms with Crippen LogP contribution >= 0.6 is 0 Å². The number of ether oxygens (including phenoxy) is 2. The van der Waals surface area contributed by atoms with Crippen LogP contribution in [0, 0.1) is 0 Å². The van der Waals surface area contributed by atoms with Crippen molar-refractivity contribution in [1.82, 2.24) is 5.01 Å². The highest BCUT2D eigenvalue weighted by Gasteiger charge is 2.50. The Hall–Kier alpha value is -2.22. The fourth-order valence-electron chi connectivity index (χ4n) is 2.12. The number of amides is 1. The van der Waals surface area contributed by atoms with Crippen LogP contribution in [0.1, 0.15) is 13.3 Å². The van der Waals surface area contributed by atoms with Gasteiger partial charge in [0.2, 0.25) is 5.72 Å². The van der Waals surface area contributed by atoms with Crippen LogP contribution in [0.2, 0.25) is 0 Å². The van der Waals surface area contributed by atoms with Crippen molar-refractivity contribution < 1.29 is 28.2 Å². The van der Waals surface area contributed by atoms with Crippen molar-refractivity contribution in [1.29, 1.82) is 0 Å². The third-order valence-electron chi connectivity index (χ3n) is 3.16. The van der Waals surface area contributed by atoms with Gasteiger partial charge in [0, 0.05) is 12.1 Å². The Kier molecular flexibility index (Phi) is 4.60. The molecular weight excluding hydrogens is 298 g/mol. The maximum Gasteiger partial charge on any atom is 0.287 e. The molecule has 0 aromatic heterocycles. The smallest absolute Gasteiger partial charge is 0.287 e. The monoisotopic (exact) mass is 314 g/mol. The second kappa shape index (κ2) is 6.27. The molecule has 0 radical (unpaired) electrons. The second-order valence-corrected chi connectivity index (χ2v) is 4.84. The molecule has 120 valence electrons. The summed E-state index contributed by atoms with van der Waals surface area (Å²) >= 11 is 0. The summed E-state index contributed by atoms with van der Waals surface area (Å²) in [6.07, 6.45) is -3.53. The average molecular weight is 314 g/mol. The first-order valence-corrected chi connectivity index (χ1v) is 6.52. The lowest BCUT2D eigenvalue weighted by atomic mass is 10.1. The lowest BCUT2D eigenvalue weighted by Gasteiger charge is -2.29.